The first-order chi connectivity index (χ1) is 10.9. The number of urea groups is 1. The molecule has 7 nitrogen and oxygen atoms in total. The predicted octanol–water partition coefficient (Wildman–Crippen LogP) is 0.370. The van der Waals surface area contributed by atoms with E-state index in [1.807, 2.05) is 30.3 Å². The summed E-state index contributed by atoms with van der Waals surface area (Å²) in [5, 5.41) is 11.9. The van der Waals surface area contributed by atoms with Gasteiger partial charge in [0.15, 0.2) is 9.84 Å². The molecule has 1 aliphatic rings. The molecule has 0 saturated carbocycles. The number of rotatable bonds is 5. The molecule has 2 rings (SSSR count). The van der Waals surface area contributed by atoms with E-state index in [2.05, 4.69) is 5.32 Å². The summed E-state index contributed by atoms with van der Waals surface area (Å²) in [7, 11) is -3.05. The number of carbonyl (C=O) groups excluding carboxylic acids is 1. The zero-order chi connectivity index (χ0) is 16.9. The Morgan fingerprint density at radius 3 is 2.35 bits per heavy atom. The van der Waals surface area contributed by atoms with Gasteiger partial charge in [0, 0.05) is 19.6 Å². The van der Waals surface area contributed by atoms with E-state index >= 15 is 0 Å². The summed E-state index contributed by atoms with van der Waals surface area (Å²) >= 11 is 0. The molecular formula is C15H20N2O5S. The Balaban J connectivity index is 1.86. The van der Waals surface area contributed by atoms with E-state index in [1.165, 1.54) is 4.90 Å². The lowest BCUT2D eigenvalue weighted by atomic mass is 9.99. The first kappa shape index (κ1) is 17.3. The number of nitrogens with one attached hydrogen (secondary N) is 1. The van der Waals surface area contributed by atoms with Gasteiger partial charge in [0.25, 0.3) is 0 Å². The molecule has 0 aliphatic carbocycles. The van der Waals surface area contributed by atoms with Crippen molar-refractivity contribution in [1.29, 1.82) is 0 Å². The Hall–Kier alpha value is -2.09. The number of sulfone groups is 1. The van der Waals surface area contributed by atoms with E-state index in [1.54, 1.807) is 0 Å². The number of hydrogen-bond donors (Lipinski definition) is 2. The first-order valence-electron chi connectivity index (χ1n) is 7.37. The summed E-state index contributed by atoms with van der Waals surface area (Å²) in [5.41, 5.74) is 0.887. The highest BCUT2D eigenvalue weighted by atomic mass is 32.2. The van der Waals surface area contributed by atoms with Gasteiger partial charge >= 0.3 is 12.0 Å². The average molecular weight is 340 g/mol. The monoisotopic (exact) mass is 340 g/mol. The van der Waals surface area contributed by atoms with Gasteiger partial charge in [0.1, 0.15) is 0 Å². The van der Waals surface area contributed by atoms with Crippen molar-refractivity contribution in [2.45, 2.75) is 6.42 Å². The maximum Gasteiger partial charge on any atom is 0.317 e. The highest BCUT2D eigenvalue weighted by Gasteiger charge is 2.26. The highest BCUT2D eigenvalue weighted by Crippen LogP contribution is 2.09. The van der Waals surface area contributed by atoms with Gasteiger partial charge in [-0.1, -0.05) is 30.3 Å². The minimum Gasteiger partial charge on any atom is -0.481 e. The first-order valence-corrected chi connectivity index (χ1v) is 9.19. The van der Waals surface area contributed by atoms with Gasteiger partial charge in [-0.15, -0.1) is 0 Å². The molecule has 0 aromatic heterocycles. The third-order valence-electron chi connectivity index (χ3n) is 3.81. The van der Waals surface area contributed by atoms with Crippen LogP contribution in [0.5, 0.6) is 0 Å². The van der Waals surface area contributed by atoms with Crippen LogP contribution in [0.1, 0.15) is 5.56 Å². The van der Waals surface area contributed by atoms with E-state index < -0.39 is 27.8 Å². The van der Waals surface area contributed by atoms with E-state index in [-0.39, 0.29) is 31.1 Å². The van der Waals surface area contributed by atoms with Crippen LogP contribution in [0.25, 0.3) is 0 Å². The Bertz CT molecular complexity index is 646. The highest BCUT2D eigenvalue weighted by molar-refractivity contribution is 7.91. The molecular weight excluding hydrogens is 320 g/mol. The molecule has 1 aliphatic heterocycles. The number of nitrogens with zero attached hydrogens (tertiary/aromatic N) is 1. The Kier molecular flexibility index (Phi) is 5.59. The minimum absolute atomic E-state index is 0.00626. The number of carboxylic acids is 1. The van der Waals surface area contributed by atoms with Crippen LogP contribution in [0.15, 0.2) is 30.3 Å². The third kappa shape index (κ3) is 5.24. The molecule has 1 aromatic rings. The molecule has 0 spiro atoms. The van der Waals surface area contributed by atoms with Crippen LogP contribution in [0, 0.1) is 5.92 Å². The van der Waals surface area contributed by atoms with Crippen LogP contribution in [-0.4, -0.2) is 61.6 Å². The minimum atomic E-state index is -3.05. The van der Waals surface area contributed by atoms with Crippen molar-refractivity contribution < 1.29 is 23.1 Å². The van der Waals surface area contributed by atoms with Crippen molar-refractivity contribution in [2.24, 2.45) is 5.92 Å². The fraction of sp³-hybridized carbons (Fsp3) is 0.467. The predicted molar refractivity (Wildman–Crippen MR) is 84.9 cm³/mol. The van der Waals surface area contributed by atoms with E-state index in [9.17, 15) is 23.1 Å². The maximum atomic E-state index is 12.0. The van der Waals surface area contributed by atoms with Crippen LogP contribution in [0.2, 0.25) is 0 Å². The zero-order valence-electron chi connectivity index (χ0n) is 12.6. The summed E-state index contributed by atoms with van der Waals surface area (Å²) in [6.07, 6.45) is 0.324. The van der Waals surface area contributed by atoms with Crippen LogP contribution in [0.4, 0.5) is 4.79 Å². The molecule has 1 atom stereocenters. The number of carbonyl (C=O) groups is 2. The van der Waals surface area contributed by atoms with Crippen molar-refractivity contribution in [1.82, 2.24) is 10.2 Å². The lowest BCUT2D eigenvalue weighted by Crippen LogP contribution is -2.49. The van der Waals surface area contributed by atoms with Crippen molar-refractivity contribution in [3.8, 4) is 0 Å². The number of aliphatic carboxylic acids is 1. The van der Waals surface area contributed by atoms with Gasteiger partial charge in [0.05, 0.1) is 17.4 Å². The Morgan fingerprint density at radius 2 is 1.78 bits per heavy atom. The maximum absolute atomic E-state index is 12.0. The van der Waals surface area contributed by atoms with Gasteiger partial charge in [-0.25, -0.2) is 13.2 Å². The van der Waals surface area contributed by atoms with E-state index in [4.69, 9.17) is 0 Å². The Morgan fingerprint density at radius 1 is 1.17 bits per heavy atom. The van der Waals surface area contributed by atoms with Crippen molar-refractivity contribution in [3.05, 3.63) is 35.9 Å². The summed E-state index contributed by atoms with van der Waals surface area (Å²) in [4.78, 5) is 24.8. The summed E-state index contributed by atoms with van der Waals surface area (Å²) in [6, 6.07) is 8.78. The van der Waals surface area contributed by atoms with Crippen LogP contribution in [-0.2, 0) is 21.1 Å². The second kappa shape index (κ2) is 7.45. The van der Waals surface area contributed by atoms with Crippen LogP contribution in [0.3, 0.4) is 0 Å². The van der Waals surface area contributed by atoms with Crippen LogP contribution >= 0.6 is 0 Å². The molecule has 126 valence electrons. The topological polar surface area (TPSA) is 104 Å². The van der Waals surface area contributed by atoms with Crippen molar-refractivity contribution in [3.63, 3.8) is 0 Å². The van der Waals surface area contributed by atoms with Gasteiger partial charge < -0.3 is 15.3 Å². The molecule has 0 bridgehead atoms. The molecule has 23 heavy (non-hydrogen) atoms. The van der Waals surface area contributed by atoms with Gasteiger partial charge in [-0.3, -0.25) is 4.79 Å². The molecule has 1 unspecified atom stereocenters. The molecule has 2 N–H and O–H groups in total. The molecule has 1 fully saturated rings. The lowest BCUT2D eigenvalue weighted by molar-refractivity contribution is -0.141. The zero-order valence-corrected chi connectivity index (χ0v) is 13.5. The lowest BCUT2D eigenvalue weighted by Gasteiger charge is -2.27. The molecule has 2 amide bonds. The normalized spacial score (nSPS) is 18.2. The number of benzene rings is 1. The summed E-state index contributed by atoms with van der Waals surface area (Å²) in [5.74, 6) is -1.80. The number of amides is 2. The quantitative estimate of drug-likeness (QED) is 0.806. The van der Waals surface area contributed by atoms with Gasteiger partial charge in [0.2, 0.25) is 0 Å². The average Bonchev–Trinajstić information content (AvgIpc) is 2.51. The second-order valence-electron chi connectivity index (χ2n) is 5.55. The summed E-state index contributed by atoms with van der Waals surface area (Å²) in [6.45, 7) is 0.293. The summed E-state index contributed by atoms with van der Waals surface area (Å²) < 4.78 is 22.7. The molecule has 1 heterocycles. The molecule has 8 heteroatoms. The van der Waals surface area contributed by atoms with E-state index in [0.29, 0.717) is 6.42 Å². The number of carboxylic acid groups (broad SMARTS) is 1. The third-order valence-corrected chi connectivity index (χ3v) is 5.41. The Labute approximate surface area is 135 Å². The van der Waals surface area contributed by atoms with Crippen LogP contribution < -0.4 is 5.32 Å². The SMILES string of the molecule is O=C(O)C(CNC(=O)N1CCS(=O)(=O)CC1)Cc1ccccc1. The molecule has 1 aromatic carbocycles. The number of hydrogen-bond acceptors (Lipinski definition) is 4. The van der Waals surface area contributed by atoms with Crippen molar-refractivity contribution >= 4 is 21.8 Å². The van der Waals surface area contributed by atoms with Gasteiger partial charge in [-0.2, -0.15) is 0 Å². The largest absolute Gasteiger partial charge is 0.481 e. The fourth-order valence-electron chi connectivity index (χ4n) is 2.38. The fourth-order valence-corrected chi connectivity index (χ4v) is 3.58. The standard InChI is InChI=1S/C15H20N2O5S/c18-14(19)13(10-12-4-2-1-3-5-12)11-16-15(20)17-6-8-23(21,22)9-7-17/h1-5,13H,6-11H2,(H,16,20)(H,18,19). The molecule has 0 radical (unpaired) electrons. The van der Waals surface area contributed by atoms with Crippen molar-refractivity contribution in [2.75, 3.05) is 31.1 Å². The van der Waals surface area contributed by atoms with E-state index in [0.717, 1.165) is 5.56 Å². The smallest absolute Gasteiger partial charge is 0.317 e. The van der Waals surface area contributed by atoms with Gasteiger partial charge in [-0.05, 0) is 12.0 Å². The molecule has 1 saturated heterocycles. The second-order valence-corrected chi connectivity index (χ2v) is 7.85.